The summed E-state index contributed by atoms with van der Waals surface area (Å²) in [5.74, 6) is -0.604. The molecule has 0 radical (unpaired) electrons. The Morgan fingerprint density at radius 1 is 1.28 bits per heavy atom. The molecule has 1 aromatic heterocycles. The zero-order valence-corrected chi connectivity index (χ0v) is 14.0. The van der Waals surface area contributed by atoms with E-state index in [1.54, 1.807) is 38.1 Å². The lowest BCUT2D eigenvalue weighted by atomic mass is 10.1. The number of hydrogen-bond donors (Lipinski definition) is 0. The van der Waals surface area contributed by atoms with Crippen LogP contribution in [-0.4, -0.2) is 44.6 Å². The summed E-state index contributed by atoms with van der Waals surface area (Å²) >= 11 is 0. The molecular weight excluding hydrogens is 333 g/mol. The molecule has 3 rings (SSSR count). The topological polar surface area (TPSA) is 51.0 Å². The van der Waals surface area contributed by atoms with Gasteiger partial charge in [-0.05, 0) is 44.7 Å². The van der Waals surface area contributed by atoms with Crippen LogP contribution in [0.1, 0.15) is 35.9 Å². The molecule has 1 amide bonds. The van der Waals surface area contributed by atoms with Gasteiger partial charge in [-0.2, -0.15) is 23.1 Å². The molecule has 0 bridgehead atoms. The third-order valence-corrected chi connectivity index (χ3v) is 4.38. The van der Waals surface area contributed by atoms with Crippen molar-refractivity contribution in [2.75, 3.05) is 6.54 Å². The molecule has 2 aromatic rings. The quantitative estimate of drug-likeness (QED) is 0.829. The molecule has 0 saturated heterocycles. The largest absolute Gasteiger partial charge is 0.406 e. The molecule has 5 nitrogen and oxygen atoms in total. The number of nitrogens with zero attached hydrogens (tertiary/aromatic N) is 4. The van der Waals surface area contributed by atoms with Crippen LogP contribution >= 0.6 is 0 Å². The first-order chi connectivity index (χ1) is 11.8. The third kappa shape index (κ3) is 4.00. The van der Waals surface area contributed by atoms with E-state index in [0.29, 0.717) is 11.4 Å². The minimum absolute atomic E-state index is 0.0411. The van der Waals surface area contributed by atoms with Gasteiger partial charge < -0.3 is 4.90 Å². The lowest BCUT2D eigenvalue weighted by Gasteiger charge is -2.29. The Bertz CT molecular complexity index is 753. The highest BCUT2D eigenvalue weighted by atomic mass is 19.4. The van der Waals surface area contributed by atoms with Crippen molar-refractivity contribution in [3.05, 3.63) is 41.7 Å². The summed E-state index contributed by atoms with van der Waals surface area (Å²) in [6, 6.07) is 8.45. The first-order valence-corrected chi connectivity index (χ1v) is 8.13. The SMILES string of the molecule is Cc1nn(-c2ccccc2)nc1C(=O)N(CC(F)(F)F)[C@@H](C)C1CC1. The fourth-order valence-electron chi connectivity index (χ4n) is 2.82. The fraction of sp³-hybridized carbons (Fsp3) is 0.471. The lowest BCUT2D eigenvalue weighted by molar-refractivity contribution is -0.144. The lowest BCUT2D eigenvalue weighted by Crippen LogP contribution is -2.45. The molecular formula is C17H19F3N4O. The first kappa shape index (κ1) is 17.4. The van der Waals surface area contributed by atoms with Crippen molar-refractivity contribution in [2.24, 2.45) is 5.92 Å². The Morgan fingerprint density at radius 3 is 2.48 bits per heavy atom. The fourth-order valence-corrected chi connectivity index (χ4v) is 2.82. The number of aromatic nitrogens is 3. The van der Waals surface area contributed by atoms with E-state index >= 15 is 0 Å². The molecule has 1 aromatic carbocycles. The van der Waals surface area contributed by atoms with E-state index in [4.69, 9.17) is 0 Å². The standard InChI is InChI=1S/C17H19F3N4O/c1-11-15(22-24(21-11)14-6-4-3-5-7-14)16(25)23(10-17(18,19)20)12(2)13-8-9-13/h3-7,12-13H,8-10H2,1-2H3/t12-/m0/s1. The minimum Gasteiger partial charge on any atom is -0.325 e. The summed E-state index contributed by atoms with van der Waals surface area (Å²) < 4.78 is 38.9. The summed E-state index contributed by atoms with van der Waals surface area (Å²) in [6.45, 7) is 1.96. The average molecular weight is 352 g/mol. The molecule has 0 N–H and O–H groups in total. The second-order valence-electron chi connectivity index (χ2n) is 6.39. The van der Waals surface area contributed by atoms with E-state index < -0.39 is 24.7 Å². The number of halogens is 3. The highest BCUT2D eigenvalue weighted by Gasteiger charge is 2.41. The van der Waals surface area contributed by atoms with Crippen LogP contribution in [0.2, 0.25) is 0 Å². The van der Waals surface area contributed by atoms with Gasteiger partial charge in [-0.3, -0.25) is 4.79 Å². The van der Waals surface area contributed by atoms with Crippen molar-refractivity contribution in [2.45, 2.75) is 38.9 Å². The van der Waals surface area contributed by atoms with Gasteiger partial charge in [0.15, 0.2) is 5.69 Å². The molecule has 134 valence electrons. The number of rotatable bonds is 5. The Kier molecular flexibility index (Phi) is 4.53. The van der Waals surface area contributed by atoms with Gasteiger partial charge in [0, 0.05) is 6.04 Å². The highest BCUT2D eigenvalue weighted by Crippen LogP contribution is 2.36. The van der Waals surface area contributed by atoms with Gasteiger partial charge in [0.25, 0.3) is 5.91 Å². The summed E-state index contributed by atoms with van der Waals surface area (Å²) in [6.07, 6.45) is -2.76. The number of alkyl halides is 3. The van der Waals surface area contributed by atoms with E-state index in [2.05, 4.69) is 10.2 Å². The van der Waals surface area contributed by atoms with Gasteiger partial charge in [-0.25, -0.2) is 0 Å². The second kappa shape index (κ2) is 6.50. The smallest absolute Gasteiger partial charge is 0.325 e. The number of carbonyl (C=O) groups is 1. The Morgan fingerprint density at radius 2 is 1.92 bits per heavy atom. The molecule has 1 atom stereocenters. The minimum atomic E-state index is -4.46. The molecule has 1 saturated carbocycles. The molecule has 25 heavy (non-hydrogen) atoms. The number of hydrogen-bond acceptors (Lipinski definition) is 3. The first-order valence-electron chi connectivity index (χ1n) is 8.13. The van der Waals surface area contributed by atoms with Crippen LogP contribution in [0, 0.1) is 12.8 Å². The van der Waals surface area contributed by atoms with Gasteiger partial charge in [0.05, 0.1) is 11.4 Å². The van der Waals surface area contributed by atoms with Gasteiger partial charge in [0.2, 0.25) is 0 Å². The predicted octanol–water partition coefficient (Wildman–Crippen LogP) is 3.38. The zero-order chi connectivity index (χ0) is 18.2. The summed E-state index contributed by atoms with van der Waals surface area (Å²) in [4.78, 5) is 14.9. The van der Waals surface area contributed by atoms with Crippen molar-refractivity contribution in [1.29, 1.82) is 0 Å². The molecule has 0 aliphatic heterocycles. The van der Waals surface area contributed by atoms with Gasteiger partial charge in [-0.1, -0.05) is 18.2 Å². The maximum absolute atomic E-state index is 13.0. The Labute approximate surface area is 143 Å². The highest BCUT2D eigenvalue weighted by molar-refractivity contribution is 5.93. The monoisotopic (exact) mass is 352 g/mol. The maximum Gasteiger partial charge on any atom is 0.406 e. The van der Waals surface area contributed by atoms with Crippen LogP contribution in [0.4, 0.5) is 13.2 Å². The summed E-state index contributed by atoms with van der Waals surface area (Å²) in [5.41, 5.74) is 0.909. The molecule has 0 spiro atoms. The molecule has 1 heterocycles. The molecule has 1 fully saturated rings. The second-order valence-corrected chi connectivity index (χ2v) is 6.39. The molecule has 0 unspecified atom stereocenters. The number of para-hydroxylation sites is 1. The van der Waals surface area contributed by atoms with Crippen molar-refractivity contribution in [1.82, 2.24) is 19.9 Å². The van der Waals surface area contributed by atoms with E-state index in [1.165, 1.54) is 4.80 Å². The summed E-state index contributed by atoms with van der Waals surface area (Å²) in [5, 5.41) is 8.32. The Balaban J connectivity index is 1.90. The average Bonchev–Trinajstić information content (AvgIpc) is 3.34. The molecule has 8 heteroatoms. The van der Waals surface area contributed by atoms with Crippen molar-refractivity contribution in [3.8, 4) is 5.69 Å². The van der Waals surface area contributed by atoms with Gasteiger partial charge in [-0.15, -0.1) is 5.10 Å². The van der Waals surface area contributed by atoms with Crippen molar-refractivity contribution < 1.29 is 18.0 Å². The van der Waals surface area contributed by atoms with E-state index in [1.807, 2.05) is 6.07 Å². The van der Waals surface area contributed by atoms with Crippen LogP contribution in [0.15, 0.2) is 30.3 Å². The molecule has 1 aliphatic carbocycles. The van der Waals surface area contributed by atoms with Crippen LogP contribution < -0.4 is 0 Å². The predicted molar refractivity (Wildman–Crippen MR) is 85.4 cm³/mol. The van der Waals surface area contributed by atoms with Crippen LogP contribution in [0.25, 0.3) is 5.69 Å². The van der Waals surface area contributed by atoms with E-state index in [9.17, 15) is 18.0 Å². The number of benzene rings is 1. The van der Waals surface area contributed by atoms with Gasteiger partial charge in [0.1, 0.15) is 6.54 Å². The zero-order valence-electron chi connectivity index (χ0n) is 14.0. The summed E-state index contributed by atoms with van der Waals surface area (Å²) in [7, 11) is 0. The van der Waals surface area contributed by atoms with Crippen molar-refractivity contribution >= 4 is 5.91 Å². The Hall–Kier alpha value is -2.38. The molecule has 1 aliphatic rings. The third-order valence-electron chi connectivity index (χ3n) is 4.38. The van der Waals surface area contributed by atoms with E-state index in [-0.39, 0.29) is 11.6 Å². The maximum atomic E-state index is 13.0. The number of carbonyl (C=O) groups excluding carboxylic acids is 1. The van der Waals surface area contributed by atoms with Gasteiger partial charge >= 0.3 is 6.18 Å². The number of amides is 1. The number of aryl methyl sites for hydroxylation is 1. The normalized spacial score (nSPS) is 15.9. The van der Waals surface area contributed by atoms with Crippen LogP contribution in [0.5, 0.6) is 0 Å². The van der Waals surface area contributed by atoms with Crippen molar-refractivity contribution in [3.63, 3.8) is 0 Å². The van der Waals surface area contributed by atoms with E-state index in [0.717, 1.165) is 17.7 Å². The van der Waals surface area contributed by atoms with Crippen LogP contribution in [0.3, 0.4) is 0 Å². The van der Waals surface area contributed by atoms with Crippen LogP contribution in [-0.2, 0) is 0 Å².